The van der Waals surface area contributed by atoms with Gasteiger partial charge in [-0.1, -0.05) is 28.1 Å². The Morgan fingerprint density at radius 1 is 1.00 bits per heavy atom. The lowest BCUT2D eigenvalue weighted by molar-refractivity contribution is 0.102. The van der Waals surface area contributed by atoms with Gasteiger partial charge in [-0.2, -0.15) is 0 Å². The monoisotopic (exact) mass is 457 g/mol. The predicted molar refractivity (Wildman–Crippen MR) is 110 cm³/mol. The molecule has 3 aromatic rings. The van der Waals surface area contributed by atoms with Crippen LogP contribution in [-0.4, -0.2) is 24.2 Å². The smallest absolute Gasteiger partial charge is 0.255 e. The fourth-order valence-electron chi connectivity index (χ4n) is 3.06. The zero-order valence-electron chi connectivity index (χ0n) is 15.2. The van der Waals surface area contributed by atoms with Crippen LogP contribution in [-0.2, 0) is 0 Å². The van der Waals surface area contributed by atoms with E-state index in [0.717, 1.165) is 4.47 Å². The molecule has 0 aromatic heterocycles. The average molecular weight is 458 g/mol. The van der Waals surface area contributed by atoms with Crippen molar-refractivity contribution in [2.45, 2.75) is 6.10 Å². The minimum absolute atomic E-state index is 0.297. The van der Waals surface area contributed by atoms with Crippen molar-refractivity contribution in [3.05, 3.63) is 87.6 Å². The number of aliphatic hydroxyl groups is 1. The van der Waals surface area contributed by atoms with Crippen molar-refractivity contribution in [3.63, 3.8) is 0 Å². The third kappa shape index (κ3) is 4.26. The van der Waals surface area contributed by atoms with Gasteiger partial charge in [0.25, 0.3) is 5.91 Å². The van der Waals surface area contributed by atoms with E-state index in [9.17, 15) is 14.3 Å². The molecule has 7 heteroatoms. The van der Waals surface area contributed by atoms with Crippen molar-refractivity contribution in [2.75, 3.05) is 18.5 Å². The zero-order valence-corrected chi connectivity index (χ0v) is 16.8. The zero-order chi connectivity index (χ0) is 20.4. The van der Waals surface area contributed by atoms with Crippen LogP contribution < -0.4 is 14.8 Å². The second-order valence-corrected chi connectivity index (χ2v) is 7.41. The number of rotatable bonds is 4. The Bertz CT molecular complexity index is 1040. The predicted octanol–water partition coefficient (Wildman–Crippen LogP) is 4.69. The Labute approximate surface area is 175 Å². The maximum atomic E-state index is 13.2. The highest BCUT2D eigenvalue weighted by atomic mass is 79.9. The summed E-state index contributed by atoms with van der Waals surface area (Å²) in [6, 6.07) is 15.8. The van der Waals surface area contributed by atoms with Gasteiger partial charge in [-0.15, -0.1) is 0 Å². The van der Waals surface area contributed by atoms with Gasteiger partial charge in [0.2, 0.25) is 0 Å². The van der Waals surface area contributed by atoms with Gasteiger partial charge in [0.05, 0.1) is 5.69 Å². The third-order valence-electron chi connectivity index (χ3n) is 4.55. The van der Waals surface area contributed by atoms with Gasteiger partial charge in [0, 0.05) is 21.7 Å². The van der Waals surface area contributed by atoms with Gasteiger partial charge < -0.3 is 19.9 Å². The lowest BCUT2D eigenvalue weighted by Crippen LogP contribution is -2.18. The molecule has 148 valence electrons. The van der Waals surface area contributed by atoms with Gasteiger partial charge in [-0.25, -0.2) is 4.39 Å². The fourth-order valence-corrected chi connectivity index (χ4v) is 3.32. The molecule has 1 amide bonds. The molecule has 1 heterocycles. The van der Waals surface area contributed by atoms with Crippen LogP contribution in [0.3, 0.4) is 0 Å². The van der Waals surface area contributed by atoms with Crippen LogP contribution in [0.5, 0.6) is 11.5 Å². The summed E-state index contributed by atoms with van der Waals surface area (Å²) in [5.74, 6) is 0.137. The van der Waals surface area contributed by atoms with Crippen LogP contribution in [0.1, 0.15) is 27.6 Å². The van der Waals surface area contributed by atoms with Crippen molar-refractivity contribution in [2.24, 2.45) is 0 Å². The summed E-state index contributed by atoms with van der Waals surface area (Å²) in [6.07, 6.45) is -0.998. The van der Waals surface area contributed by atoms with E-state index in [1.54, 1.807) is 24.3 Å². The number of fused-ring (bicyclic) bond motifs is 1. The Morgan fingerprint density at radius 3 is 2.28 bits per heavy atom. The lowest BCUT2D eigenvalue weighted by atomic mass is 9.98. The molecule has 1 atom stereocenters. The van der Waals surface area contributed by atoms with E-state index in [4.69, 9.17) is 9.47 Å². The molecule has 0 spiro atoms. The maximum Gasteiger partial charge on any atom is 0.255 e. The number of anilines is 1. The van der Waals surface area contributed by atoms with Crippen LogP contribution in [0.4, 0.5) is 10.1 Å². The van der Waals surface area contributed by atoms with Gasteiger partial charge in [0.1, 0.15) is 25.1 Å². The first-order valence-electron chi connectivity index (χ1n) is 8.95. The lowest BCUT2D eigenvalue weighted by Gasteiger charge is -2.23. The number of halogens is 2. The largest absolute Gasteiger partial charge is 0.486 e. The first-order valence-corrected chi connectivity index (χ1v) is 9.74. The van der Waals surface area contributed by atoms with Crippen LogP contribution in [0, 0.1) is 5.82 Å². The molecule has 0 saturated heterocycles. The topological polar surface area (TPSA) is 67.8 Å². The van der Waals surface area contributed by atoms with E-state index < -0.39 is 17.8 Å². The number of carbonyl (C=O) groups excluding carboxylic acids is 1. The summed E-state index contributed by atoms with van der Waals surface area (Å²) in [7, 11) is 0. The van der Waals surface area contributed by atoms with Crippen LogP contribution in [0.15, 0.2) is 65.1 Å². The van der Waals surface area contributed by atoms with E-state index in [0.29, 0.717) is 47.1 Å². The van der Waals surface area contributed by atoms with Crippen molar-refractivity contribution < 1.29 is 23.8 Å². The molecule has 0 fully saturated rings. The minimum Gasteiger partial charge on any atom is -0.486 e. The molecule has 29 heavy (non-hydrogen) atoms. The van der Waals surface area contributed by atoms with Crippen molar-refractivity contribution in [1.82, 2.24) is 0 Å². The second kappa shape index (κ2) is 8.23. The summed E-state index contributed by atoms with van der Waals surface area (Å²) in [5.41, 5.74) is 1.80. The van der Waals surface area contributed by atoms with Gasteiger partial charge in [0.15, 0.2) is 11.5 Å². The highest BCUT2D eigenvalue weighted by Crippen LogP contribution is 2.40. The number of aliphatic hydroxyl groups excluding tert-OH is 1. The Kier molecular flexibility index (Phi) is 5.51. The van der Waals surface area contributed by atoms with Gasteiger partial charge in [-0.3, -0.25) is 4.79 Å². The highest BCUT2D eigenvalue weighted by molar-refractivity contribution is 9.10. The molecule has 3 aromatic carbocycles. The number of hydrogen-bond acceptors (Lipinski definition) is 4. The second-order valence-electron chi connectivity index (χ2n) is 6.50. The molecule has 5 nitrogen and oxygen atoms in total. The Hall–Kier alpha value is -2.90. The quantitative estimate of drug-likeness (QED) is 0.595. The molecule has 1 unspecified atom stereocenters. The average Bonchev–Trinajstić information content (AvgIpc) is 2.73. The SMILES string of the molecule is O=C(Nc1cc2c(cc1C(O)c1ccc(Br)cc1)OCCO2)c1ccc(F)cc1. The number of amides is 1. The molecule has 4 rings (SSSR count). The van der Waals surface area contributed by atoms with E-state index in [1.165, 1.54) is 24.3 Å². The van der Waals surface area contributed by atoms with Crippen LogP contribution in [0.25, 0.3) is 0 Å². The standard InChI is InChI=1S/C22H17BrFNO4/c23-15-5-1-13(2-6-15)21(26)17-11-19-20(29-10-9-28-19)12-18(17)25-22(27)14-3-7-16(24)8-4-14/h1-8,11-12,21,26H,9-10H2,(H,25,27). The van der Waals surface area contributed by atoms with E-state index in [1.807, 2.05) is 12.1 Å². The molecule has 1 aliphatic heterocycles. The van der Waals surface area contributed by atoms with Crippen LogP contribution in [0.2, 0.25) is 0 Å². The summed E-state index contributed by atoms with van der Waals surface area (Å²) in [5, 5.41) is 13.8. The molecule has 0 radical (unpaired) electrons. The molecule has 1 aliphatic rings. The normalized spacial score (nSPS) is 13.6. The minimum atomic E-state index is -0.998. The molecular weight excluding hydrogens is 441 g/mol. The van der Waals surface area contributed by atoms with Crippen molar-refractivity contribution >= 4 is 27.5 Å². The van der Waals surface area contributed by atoms with Crippen molar-refractivity contribution in [3.8, 4) is 11.5 Å². The summed E-state index contributed by atoms with van der Waals surface area (Å²) < 4.78 is 25.3. The van der Waals surface area contributed by atoms with Gasteiger partial charge >= 0.3 is 0 Å². The summed E-state index contributed by atoms with van der Waals surface area (Å²) in [4.78, 5) is 12.7. The van der Waals surface area contributed by atoms with Crippen LogP contribution >= 0.6 is 15.9 Å². The van der Waals surface area contributed by atoms with Gasteiger partial charge in [-0.05, 0) is 48.0 Å². The first kappa shape index (κ1) is 19.4. The number of ether oxygens (including phenoxy) is 2. The molecule has 0 aliphatic carbocycles. The molecule has 0 bridgehead atoms. The third-order valence-corrected chi connectivity index (χ3v) is 5.08. The number of nitrogens with one attached hydrogen (secondary N) is 1. The highest BCUT2D eigenvalue weighted by Gasteiger charge is 2.22. The molecular formula is C22H17BrFNO4. The fraction of sp³-hybridized carbons (Fsp3) is 0.136. The van der Waals surface area contributed by atoms with E-state index in [2.05, 4.69) is 21.2 Å². The summed E-state index contributed by atoms with van der Waals surface area (Å²) in [6.45, 7) is 0.801. The molecule has 2 N–H and O–H groups in total. The van der Waals surface area contributed by atoms with E-state index >= 15 is 0 Å². The number of benzene rings is 3. The number of hydrogen-bond donors (Lipinski definition) is 2. The van der Waals surface area contributed by atoms with E-state index in [-0.39, 0.29) is 0 Å². The maximum absolute atomic E-state index is 13.2. The summed E-state index contributed by atoms with van der Waals surface area (Å²) >= 11 is 3.38. The Morgan fingerprint density at radius 2 is 1.62 bits per heavy atom. The Balaban J connectivity index is 1.71. The molecule has 0 saturated carbocycles. The first-order chi connectivity index (χ1) is 14.0. The van der Waals surface area contributed by atoms with Crippen molar-refractivity contribution in [1.29, 1.82) is 0 Å². The number of carbonyl (C=O) groups is 1.